The summed E-state index contributed by atoms with van der Waals surface area (Å²) in [6.07, 6.45) is 8.60. The van der Waals surface area contributed by atoms with Crippen molar-refractivity contribution in [2.75, 3.05) is 0 Å². The summed E-state index contributed by atoms with van der Waals surface area (Å²) in [7, 11) is 0. The van der Waals surface area contributed by atoms with E-state index >= 15 is 0 Å². The van der Waals surface area contributed by atoms with Crippen molar-refractivity contribution in [3.8, 4) is 5.69 Å². The number of carboxylic acid groups (broad SMARTS) is 1. The number of rotatable bonds is 2. The van der Waals surface area contributed by atoms with Crippen LogP contribution >= 0.6 is 0 Å². The van der Waals surface area contributed by atoms with Crippen LogP contribution in [0.3, 0.4) is 0 Å². The summed E-state index contributed by atoms with van der Waals surface area (Å²) in [5, 5.41) is 13.9. The molecule has 0 atom stereocenters. The lowest BCUT2D eigenvalue weighted by Crippen LogP contribution is -2.04. The van der Waals surface area contributed by atoms with E-state index in [0.717, 1.165) is 61.9 Å². The Bertz CT molecular complexity index is 746. The Kier molecular flexibility index (Phi) is 3.25. The van der Waals surface area contributed by atoms with Gasteiger partial charge in [-0.1, -0.05) is 12.5 Å². The zero-order valence-electron chi connectivity index (χ0n) is 12.6. The van der Waals surface area contributed by atoms with Gasteiger partial charge >= 0.3 is 5.97 Å². The molecule has 0 saturated heterocycles. The Balaban J connectivity index is 1.86. The van der Waals surface area contributed by atoms with Crippen LogP contribution in [-0.2, 0) is 25.7 Å². The van der Waals surface area contributed by atoms with Gasteiger partial charge in [0.05, 0.1) is 5.69 Å². The molecule has 114 valence electrons. The number of carbonyl (C=O) groups is 1. The first-order valence-electron chi connectivity index (χ1n) is 8.20. The van der Waals surface area contributed by atoms with Gasteiger partial charge in [-0.2, -0.15) is 5.10 Å². The average molecular weight is 296 g/mol. The van der Waals surface area contributed by atoms with Gasteiger partial charge in [0.25, 0.3) is 0 Å². The van der Waals surface area contributed by atoms with Gasteiger partial charge in [0, 0.05) is 11.3 Å². The van der Waals surface area contributed by atoms with E-state index < -0.39 is 5.97 Å². The number of nitrogens with zero attached hydrogens (tertiary/aromatic N) is 2. The lowest BCUT2D eigenvalue weighted by molar-refractivity contribution is 0.0688. The quantitative estimate of drug-likeness (QED) is 0.865. The van der Waals surface area contributed by atoms with Crippen molar-refractivity contribution in [2.24, 2.45) is 0 Å². The third kappa shape index (κ3) is 2.14. The summed E-state index contributed by atoms with van der Waals surface area (Å²) < 4.78 is 1.89. The van der Waals surface area contributed by atoms with Crippen molar-refractivity contribution in [1.29, 1.82) is 0 Å². The number of hydrogen-bond donors (Lipinski definition) is 1. The fraction of sp³-hybridized carbons (Fsp3) is 0.444. The highest BCUT2D eigenvalue weighted by Crippen LogP contribution is 2.29. The lowest BCUT2D eigenvalue weighted by Gasteiger charge is -2.09. The molecule has 1 aromatic heterocycles. The van der Waals surface area contributed by atoms with E-state index in [0.29, 0.717) is 0 Å². The fourth-order valence-corrected chi connectivity index (χ4v) is 3.85. The SMILES string of the molecule is O=C(O)c1nn(-c2ccc3c(c2)CCC3)c2c1CCCCC2. The molecule has 4 nitrogen and oxygen atoms in total. The molecule has 2 aromatic rings. The number of aromatic nitrogens is 2. The van der Waals surface area contributed by atoms with Crippen LogP contribution in [0.2, 0.25) is 0 Å². The molecule has 2 aliphatic rings. The monoisotopic (exact) mass is 296 g/mol. The van der Waals surface area contributed by atoms with Crippen LogP contribution < -0.4 is 0 Å². The molecule has 1 aromatic carbocycles. The normalized spacial score (nSPS) is 16.9. The van der Waals surface area contributed by atoms with Crippen LogP contribution in [0.4, 0.5) is 0 Å². The van der Waals surface area contributed by atoms with Gasteiger partial charge in [0.2, 0.25) is 0 Å². The van der Waals surface area contributed by atoms with Gasteiger partial charge in [-0.05, 0) is 68.2 Å². The third-order valence-electron chi connectivity index (χ3n) is 4.96. The number of aromatic carboxylic acids is 1. The van der Waals surface area contributed by atoms with Crippen molar-refractivity contribution in [1.82, 2.24) is 9.78 Å². The summed E-state index contributed by atoms with van der Waals surface area (Å²) in [5.41, 5.74) is 6.15. The third-order valence-corrected chi connectivity index (χ3v) is 4.96. The van der Waals surface area contributed by atoms with Gasteiger partial charge in [-0.25, -0.2) is 9.48 Å². The molecule has 0 unspecified atom stereocenters. The summed E-state index contributed by atoms with van der Waals surface area (Å²) in [6.45, 7) is 0. The summed E-state index contributed by atoms with van der Waals surface area (Å²) in [4.78, 5) is 11.5. The smallest absolute Gasteiger partial charge is 0.356 e. The first-order valence-corrected chi connectivity index (χ1v) is 8.20. The van der Waals surface area contributed by atoms with Crippen LogP contribution in [0.25, 0.3) is 5.69 Å². The molecule has 0 saturated carbocycles. The molecule has 0 aliphatic heterocycles. The largest absolute Gasteiger partial charge is 0.476 e. The average Bonchev–Trinajstić information content (AvgIpc) is 3.04. The first kappa shape index (κ1) is 13.6. The number of carboxylic acids is 1. The minimum Gasteiger partial charge on any atom is -0.476 e. The second-order valence-electron chi connectivity index (χ2n) is 6.36. The number of aryl methyl sites for hydroxylation is 2. The van der Waals surface area contributed by atoms with Crippen molar-refractivity contribution in [3.05, 3.63) is 46.3 Å². The number of hydrogen-bond acceptors (Lipinski definition) is 2. The van der Waals surface area contributed by atoms with Crippen molar-refractivity contribution in [3.63, 3.8) is 0 Å². The van der Waals surface area contributed by atoms with Crippen molar-refractivity contribution in [2.45, 2.75) is 51.4 Å². The molecule has 0 fully saturated rings. The fourth-order valence-electron chi connectivity index (χ4n) is 3.85. The van der Waals surface area contributed by atoms with E-state index in [-0.39, 0.29) is 5.69 Å². The topological polar surface area (TPSA) is 55.1 Å². The van der Waals surface area contributed by atoms with Crippen LogP contribution in [0, 0.1) is 0 Å². The van der Waals surface area contributed by atoms with Crippen LogP contribution in [0.15, 0.2) is 18.2 Å². The molecule has 0 radical (unpaired) electrons. The van der Waals surface area contributed by atoms with E-state index in [2.05, 4.69) is 23.3 Å². The molecule has 22 heavy (non-hydrogen) atoms. The molecular weight excluding hydrogens is 276 g/mol. The molecular formula is C18H20N2O2. The Morgan fingerprint density at radius 2 is 1.82 bits per heavy atom. The van der Waals surface area contributed by atoms with E-state index in [9.17, 15) is 9.90 Å². The standard InChI is InChI=1S/C18H20N2O2/c21-18(22)17-15-7-2-1-3-8-16(15)20(19-17)14-10-9-12-5-4-6-13(12)11-14/h9-11H,1-8H2,(H,21,22). The van der Waals surface area contributed by atoms with Gasteiger partial charge in [-0.3, -0.25) is 0 Å². The molecule has 1 N–H and O–H groups in total. The highest BCUT2D eigenvalue weighted by atomic mass is 16.4. The van der Waals surface area contributed by atoms with Gasteiger partial charge in [0.15, 0.2) is 5.69 Å². The molecule has 0 bridgehead atoms. The minimum absolute atomic E-state index is 0.248. The second kappa shape index (κ2) is 5.27. The maximum Gasteiger partial charge on any atom is 0.356 e. The Morgan fingerprint density at radius 3 is 2.68 bits per heavy atom. The Hall–Kier alpha value is -2.10. The lowest BCUT2D eigenvalue weighted by atomic mass is 10.1. The molecule has 0 amide bonds. The first-order chi connectivity index (χ1) is 10.7. The second-order valence-corrected chi connectivity index (χ2v) is 6.36. The zero-order valence-corrected chi connectivity index (χ0v) is 12.6. The molecule has 2 aliphatic carbocycles. The van der Waals surface area contributed by atoms with Gasteiger partial charge < -0.3 is 5.11 Å². The van der Waals surface area contributed by atoms with E-state index in [1.54, 1.807) is 0 Å². The molecule has 4 heteroatoms. The Labute approximate surface area is 129 Å². The summed E-state index contributed by atoms with van der Waals surface area (Å²) in [6, 6.07) is 6.48. The number of fused-ring (bicyclic) bond motifs is 2. The molecule has 4 rings (SSSR count). The predicted molar refractivity (Wildman–Crippen MR) is 83.8 cm³/mol. The van der Waals surface area contributed by atoms with Crippen LogP contribution in [0.5, 0.6) is 0 Å². The minimum atomic E-state index is -0.905. The van der Waals surface area contributed by atoms with Crippen molar-refractivity contribution < 1.29 is 9.90 Å². The van der Waals surface area contributed by atoms with E-state index in [1.807, 2.05) is 4.68 Å². The maximum absolute atomic E-state index is 11.5. The predicted octanol–water partition coefficient (Wildman–Crippen LogP) is 3.33. The summed E-state index contributed by atoms with van der Waals surface area (Å²) in [5.74, 6) is -0.905. The highest BCUT2D eigenvalue weighted by Gasteiger charge is 2.24. The Morgan fingerprint density at radius 1 is 1.00 bits per heavy atom. The van der Waals surface area contributed by atoms with Crippen molar-refractivity contribution >= 4 is 5.97 Å². The molecule has 0 spiro atoms. The van der Waals surface area contributed by atoms with Gasteiger partial charge in [0.1, 0.15) is 0 Å². The number of benzene rings is 1. The summed E-state index contributed by atoms with van der Waals surface area (Å²) >= 11 is 0. The van der Waals surface area contributed by atoms with E-state index in [1.165, 1.54) is 17.5 Å². The van der Waals surface area contributed by atoms with Crippen LogP contribution in [-0.4, -0.2) is 20.9 Å². The van der Waals surface area contributed by atoms with E-state index in [4.69, 9.17) is 0 Å². The maximum atomic E-state index is 11.5. The van der Waals surface area contributed by atoms with Crippen LogP contribution in [0.1, 0.15) is 58.6 Å². The zero-order chi connectivity index (χ0) is 15.1. The highest BCUT2D eigenvalue weighted by molar-refractivity contribution is 5.87. The molecule has 1 heterocycles. The van der Waals surface area contributed by atoms with Gasteiger partial charge in [-0.15, -0.1) is 0 Å².